The standard InChI is InChI=1S/C22H26FN3O/c23-17-8-9-19-18(15-17)24-22(20-7-4-12-26(19)20)10-13-25(14-11-22)21(27)16-5-2-1-3-6-16/h4,7-9,12,15-16,24H,1-3,5-6,10-11,13-14H2. The maximum Gasteiger partial charge on any atom is 0.225 e. The molecular weight excluding hydrogens is 341 g/mol. The summed E-state index contributed by atoms with van der Waals surface area (Å²) in [6.07, 6.45) is 9.49. The van der Waals surface area contributed by atoms with E-state index in [4.69, 9.17) is 0 Å². The normalized spacial score (nSPS) is 21.4. The lowest BCUT2D eigenvalue weighted by Crippen LogP contribution is -2.52. The first-order valence-electron chi connectivity index (χ1n) is 10.2. The third-order valence-corrected chi connectivity index (χ3v) is 6.71. The van der Waals surface area contributed by atoms with Gasteiger partial charge in [-0.1, -0.05) is 19.3 Å². The van der Waals surface area contributed by atoms with Gasteiger partial charge in [-0.05, 0) is 56.0 Å². The van der Waals surface area contributed by atoms with Crippen molar-refractivity contribution in [3.8, 4) is 5.69 Å². The maximum atomic E-state index is 13.8. The molecule has 2 fully saturated rings. The van der Waals surface area contributed by atoms with Crippen LogP contribution in [0.25, 0.3) is 5.69 Å². The van der Waals surface area contributed by atoms with Gasteiger partial charge in [0.2, 0.25) is 5.91 Å². The number of likely N-dealkylation sites (tertiary alicyclic amines) is 1. The van der Waals surface area contributed by atoms with Crippen molar-refractivity contribution in [2.45, 2.75) is 50.5 Å². The molecule has 1 aromatic carbocycles. The van der Waals surface area contributed by atoms with Crippen molar-refractivity contribution in [2.75, 3.05) is 18.4 Å². The second kappa shape index (κ2) is 6.39. The van der Waals surface area contributed by atoms with E-state index in [1.54, 1.807) is 6.07 Å². The number of nitrogens with one attached hydrogen (secondary N) is 1. The van der Waals surface area contributed by atoms with Gasteiger partial charge in [-0.2, -0.15) is 0 Å². The van der Waals surface area contributed by atoms with Gasteiger partial charge in [-0.3, -0.25) is 4.79 Å². The second-order valence-corrected chi connectivity index (χ2v) is 8.29. The number of hydrogen-bond donors (Lipinski definition) is 1. The topological polar surface area (TPSA) is 37.3 Å². The molecule has 1 saturated heterocycles. The number of aromatic nitrogens is 1. The summed E-state index contributed by atoms with van der Waals surface area (Å²) in [5.74, 6) is 0.352. The zero-order valence-electron chi connectivity index (χ0n) is 15.6. The molecule has 142 valence electrons. The zero-order chi connectivity index (χ0) is 18.4. The molecule has 2 aliphatic heterocycles. The van der Waals surface area contributed by atoms with Crippen LogP contribution < -0.4 is 5.32 Å². The number of piperidine rings is 1. The van der Waals surface area contributed by atoms with Gasteiger partial charge in [-0.15, -0.1) is 0 Å². The molecule has 1 aromatic heterocycles. The summed E-state index contributed by atoms with van der Waals surface area (Å²) >= 11 is 0. The van der Waals surface area contributed by atoms with Gasteiger partial charge < -0.3 is 14.8 Å². The van der Waals surface area contributed by atoms with Crippen molar-refractivity contribution in [1.82, 2.24) is 9.47 Å². The first kappa shape index (κ1) is 16.8. The molecule has 1 amide bonds. The minimum Gasteiger partial charge on any atom is -0.372 e. The number of benzene rings is 1. The molecule has 1 aliphatic carbocycles. The third kappa shape index (κ3) is 2.75. The van der Waals surface area contributed by atoms with Crippen LogP contribution in [-0.4, -0.2) is 28.5 Å². The summed E-state index contributed by atoms with van der Waals surface area (Å²) in [7, 11) is 0. The molecule has 1 N–H and O–H groups in total. The third-order valence-electron chi connectivity index (χ3n) is 6.71. The summed E-state index contributed by atoms with van der Waals surface area (Å²) in [4.78, 5) is 15.0. The SMILES string of the molecule is O=C(C1CCCCC1)N1CCC2(CC1)Nc1cc(F)ccc1-n1cccc12. The van der Waals surface area contributed by atoms with Crippen molar-refractivity contribution >= 4 is 11.6 Å². The number of amides is 1. The van der Waals surface area contributed by atoms with Gasteiger partial charge in [0.25, 0.3) is 0 Å². The summed E-state index contributed by atoms with van der Waals surface area (Å²) in [6.45, 7) is 1.52. The van der Waals surface area contributed by atoms with Gasteiger partial charge >= 0.3 is 0 Å². The molecule has 27 heavy (non-hydrogen) atoms. The molecule has 4 nitrogen and oxygen atoms in total. The number of hydrogen-bond acceptors (Lipinski definition) is 2. The van der Waals surface area contributed by atoms with Gasteiger partial charge in [-0.25, -0.2) is 4.39 Å². The second-order valence-electron chi connectivity index (χ2n) is 8.29. The fourth-order valence-electron chi connectivity index (χ4n) is 5.22. The Hall–Kier alpha value is -2.30. The number of carbonyl (C=O) groups excluding carboxylic acids is 1. The van der Waals surface area contributed by atoms with Gasteiger partial charge in [0.15, 0.2) is 0 Å². The molecule has 0 unspecified atom stereocenters. The first-order chi connectivity index (χ1) is 13.2. The highest BCUT2D eigenvalue weighted by Crippen LogP contribution is 2.44. The summed E-state index contributed by atoms with van der Waals surface area (Å²) in [6, 6.07) is 9.12. The van der Waals surface area contributed by atoms with E-state index in [1.165, 1.54) is 31.0 Å². The fraction of sp³-hybridized carbons (Fsp3) is 0.500. The van der Waals surface area contributed by atoms with E-state index >= 15 is 0 Å². The van der Waals surface area contributed by atoms with Crippen molar-refractivity contribution < 1.29 is 9.18 Å². The van der Waals surface area contributed by atoms with E-state index in [-0.39, 0.29) is 17.3 Å². The highest BCUT2D eigenvalue weighted by Gasteiger charge is 2.43. The van der Waals surface area contributed by atoms with E-state index < -0.39 is 0 Å². The molecule has 0 radical (unpaired) electrons. The number of nitrogens with zero attached hydrogens (tertiary/aromatic N) is 2. The highest BCUT2D eigenvalue weighted by molar-refractivity contribution is 5.79. The highest BCUT2D eigenvalue weighted by atomic mass is 19.1. The number of carbonyl (C=O) groups is 1. The number of halogens is 1. The Morgan fingerprint density at radius 3 is 2.67 bits per heavy atom. The smallest absolute Gasteiger partial charge is 0.225 e. The van der Waals surface area contributed by atoms with Crippen LogP contribution in [0.3, 0.4) is 0 Å². The first-order valence-corrected chi connectivity index (χ1v) is 10.2. The van der Waals surface area contributed by atoms with Crippen molar-refractivity contribution in [1.29, 1.82) is 0 Å². The van der Waals surface area contributed by atoms with Crippen LogP contribution in [0, 0.1) is 11.7 Å². The van der Waals surface area contributed by atoms with E-state index in [1.807, 2.05) is 12.3 Å². The molecule has 0 atom stereocenters. The van der Waals surface area contributed by atoms with E-state index in [9.17, 15) is 9.18 Å². The Balaban J connectivity index is 1.39. The van der Waals surface area contributed by atoms with E-state index in [0.29, 0.717) is 5.91 Å². The minimum atomic E-state index is -0.229. The Morgan fingerprint density at radius 2 is 1.89 bits per heavy atom. The summed E-state index contributed by atoms with van der Waals surface area (Å²) < 4.78 is 16.0. The van der Waals surface area contributed by atoms with Crippen LogP contribution in [0.1, 0.15) is 50.6 Å². The van der Waals surface area contributed by atoms with E-state index in [2.05, 4.69) is 26.9 Å². The molecule has 1 saturated carbocycles. The van der Waals surface area contributed by atoms with Gasteiger partial charge in [0.1, 0.15) is 5.82 Å². The molecule has 5 heteroatoms. The lowest BCUT2D eigenvalue weighted by atomic mass is 9.81. The quantitative estimate of drug-likeness (QED) is 0.809. The fourth-order valence-corrected chi connectivity index (χ4v) is 5.22. The molecule has 5 rings (SSSR count). The van der Waals surface area contributed by atoms with E-state index in [0.717, 1.165) is 50.1 Å². The number of rotatable bonds is 1. The molecule has 0 bridgehead atoms. The van der Waals surface area contributed by atoms with Crippen LogP contribution in [0.4, 0.5) is 10.1 Å². The molecule has 3 aliphatic rings. The predicted molar refractivity (Wildman–Crippen MR) is 103 cm³/mol. The molecule has 2 aromatic rings. The van der Waals surface area contributed by atoms with Crippen LogP contribution in [0.2, 0.25) is 0 Å². The average molecular weight is 367 g/mol. The van der Waals surface area contributed by atoms with Crippen molar-refractivity contribution in [3.63, 3.8) is 0 Å². The Kier molecular flexibility index (Phi) is 3.99. The zero-order valence-corrected chi connectivity index (χ0v) is 15.6. The summed E-state index contributed by atoms with van der Waals surface area (Å²) in [5, 5.41) is 3.64. The van der Waals surface area contributed by atoms with Gasteiger partial charge in [0, 0.05) is 30.9 Å². The van der Waals surface area contributed by atoms with Crippen LogP contribution in [0.5, 0.6) is 0 Å². The van der Waals surface area contributed by atoms with Crippen molar-refractivity contribution in [2.24, 2.45) is 5.92 Å². The lowest BCUT2D eigenvalue weighted by molar-refractivity contribution is -0.138. The van der Waals surface area contributed by atoms with Crippen LogP contribution >= 0.6 is 0 Å². The minimum absolute atomic E-state index is 0.225. The Morgan fingerprint density at radius 1 is 1.11 bits per heavy atom. The lowest BCUT2D eigenvalue weighted by Gasteiger charge is -2.46. The summed E-state index contributed by atoms with van der Waals surface area (Å²) in [5.41, 5.74) is 2.81. The van der Waals surface area contributed by atoms with Gasteiger partial charge in [0.05, 0.1) is 16.9 Å². The number of fused-ring (bicyclic) bond motifs is 4. The van der Waals surface area contributed by atoms with Crippen LogP contribution in [-0.2, 0) is 10.3 Å². The monoisotopic (exact) mass is 367 g/mol. The Labute approximate surface area is 159 Å². The number of anilines is 1. The molecule has 1 spiro atoms. The molecular formula is C22H26FN3O. The van der Waals surface area contributed by atoms with Crippen LogP contribution in [0.15, 0.2) is 36.5 Å². The Bertz CT molecular complexity index is 860. The predicted octanol–water partition coefficient (Wildman–Crippen LogP) is 4.44. The molecule has 3 heterocycles. The maximum absolute atomic E-state index is 13.8. The average Bonchev–Trinajstić information content (AvgIpc) is 3.20. The largest absolute Gasteiger partial charge is 0.372 e. The van der Waals surface area contributed by atoms with Crippen molar-refractivity contribution in [3.05, 3.63) is 48.0 Å².